The van der Waals surface area contributed by atoms with E-state index in [2.05, 4.69) is 13.8 Å². The molecule has 1 aliphatic rings. The van der Waals surface area contributed by atoms with Crippen molar-refractivity contribution in [1.29, 1.82) is 0 Å². The maximum atomic E-state index is 11.5. The second-order valence-corrected chi connectivity index (χ2v) is 9.46. The van der Waals surface area contributed by atoms with Crippen molar-refractivity contribution in [3.63, 3.8) is 0 Å². The zero-order valence-corrected chi connectivity index (χ0v) is 19.3. The van der Waals surface area contributed by atoms with Crippen molar-refractivity contribution in [2.24, 2.45) is 5.92 Å². The largest absolute Gasteiger partial charge is 0.462 e. The highest BCUT2D eigenvalue weighted by atomic mass is 16.5. The Morgan fingerprint density at radius 1 is 0.679 bits per heavy atom. The summed E-state index contributed by atoms with van der Waals surface area (Å²) in [6.45, 7) is 4.46. The normalized spacial score (nSPS) is 19.7. The molecule has 2 unspecified atom stereocenters. The fourth-order valence-corrected chi connectivity index (χ4v) is 4.55. The molecule has 1 heterocycles. The summed E-state index contributed by atoms with van der Waals surface area (Å²) < 4.78 is 5.45. The number of hydrogen-bond donors (Lipinski definition) is 0. The van der Waals surface area contributed by atoms with Crippen molar-refractivity contribution in [3.05, 3.63) is 0 Å². The Balaban J connectivity index is 1.71. The Morgan fingerprint density at radius 2 is 1.07 bits per heavy atom. The van der Waals surface area contributed by atoms with Crippen LogP contribution in [0, 0.1) is 5.92 Å². The van der Waals surface area contributed by atoms with Crippen molar-refractivity contribution in [2.45, 2.75) is 155 Å². The number of cyclic esters (lactones) is 1. The van der Waals surface area contributed by atoms with Crippen molar-refractivity contribution in [1.82, 2.24) is 0 Å². The summed E-state index contributed by atoms with van der Waals surface area (Å²) in [5, 5.41) is 0. The van der Waals surface area contributed by atoms with Gasteiger partial charge in [0.25, 0.3) is 0 Å². The number of unbranched alkanes of at least 4 members (excludes halogenated alkanes) is 17. The molecule has 2 nitrogen and oxygen atoms in total. The molecule has 1 aliphatic heterocycles. The Morgan fingerprint density at radius 3 is 1.46 bits per heavy atom. The Bertz CT molecular complexity index is 352. The minimum absolute atomic E-state index is 0.0196. The maximum Gasteiger partial charge on any atom is 0.306 e. The average molecular weight is 395 g/mol. The third-order valence-corrected chi connectivity index (χ3v) is 6.36. The minimum atomic E-state index is 0.0196. The summed E-state index contributed by atoms with van der Waals surface area (Å²) in [5.41, 5.74) is 0. The second-order valence-electron chi connectivity index (χ2n) is 9.46. The molecule has 28 heavy (non-hydrogen) atoms. The van der Waals surface area contributed by atoms with Crippen LogP contribution < -0.4 is 0 Å². The van der Waals surface area contributed by atoms with Gasteiger partial charge < -0.3 is 4.74 Å². The number of esters is 1. The van der Waals surface area contributed by atoms with Gasteiger partial charge in [0.2, 0.25) is 0 Å². The third-order valence-electron chi connectivity index (χ3n) is 6.36. The van der Waals surface area contributed by atoms with E-state index >= 15 is 0 Å². The third kappa shape index (κ3) is 15.4. The van der Waals surface area contributed by atoms with Gasteiger partial charge >= 0.3 is 5.97 Å². The standard InChI is InChI=1S/C26H50O2/c1-3-4-5-6-7-8-9-10-11-12-13-14-15-16-17-18-19-20-21-25-22-24(2)23-26(27)28-25/h24-25H,3-23H2,1-2H3. The molecular weight excluding hydrogens is 344 g/mol. The van der Waals surface area contributed by atoms with E-state index in [-0.39, 0.29) is 12.1 Å². The van der Waals surface area contributed by atoms with Crippen molar-refractivity contribution in [3.8, 4) is 0 Å². The summed E-state index contributed by atoms with van der Waals surface area (Å²) in [6.07, 6.45) is 28.4. The minimum Gasteiger partial charge on any atom is -0.462 e. The lowest BCUT2D eigenvalue weighted by molar-refractivity contribution is -0.156. The molecule has 2 atom stereocenters. The Labute approximate surface area is 176 Å². The van der Waals surface area contributed by atoms with Crippen LogP contribution in [0.2, 0.25) is 0 Å². The van der Waals surface area contributed by atoms with Crippen molar-refractivity contribution >= 4 is 5.97 Å². The topological polar surface area (TPSA) is 26.3 Å². The molecule has 0 N–H and O–H groups in total. The highest BCUT2D eigenvalue weighted by Gasteiger charge is 2.25. The molecule has 0 saturated carbocycles. The molecule has 0 aromatic heterocycles. The van der Waals surface area contributed by atoms with Crippen LogP contribution in [0.5, 0.6) is 0 Å². The van der Waals surface area contributed by atoms with Crippen LogP contribution in [0.25, 0.3) is 0 Å². The predicted molar refractivity (Wildman–Crippen MR) is 122 cm³/mol. The molecular formula is C26H50O2. The summed E-state index contributed by atoms with van der Waals surface area (Å²) in [6, 6.07) is 0. The molecule has 0 amide bonds. The molecule has 0 spiro atoms. The summed E-state index contributed by atoms with van der Waals surface area (Å²) >= 11 is 0. The number of carbonyl (C=O) groups is 1. The molecule has 166 valence electrons. The van der Waals surface area contributed by atoms with Crippen LogP contribution in [0.15, 0.2) is 0 Å². The fourth-order valence-electron chi connectivity index (χ4n) is 4.55. The van der Waals surface area contributed by atoms with Gasteiger partial charge in [-0.25, -0.2) is 0 Å². The van der Waals surface area contributed by atoms with Gasteiger partial charge in [0.15, 0.2) is 0 Å². The Kier molecular flexibility index (Phi) is 16.8. The van der Waals surface area contributed by atoms with E-state index < -0.39 is 0 Å². The summed E-state index contributed by atoms with van der Waals surface area (Å²) in [5.74, 6) is 0.535. The van der Waals surface area contributed by atoms with Crippen molar-refractivity contribution in [2.75, 3.05) is 0 Å². The lowest BCUT2D eigenvalue weighted by Gasteiger charge is -2.26. The zero-order chi connectivity index (χ0) is 20.3. The number of carbonyl (C=O) groups excluding carboxylic acids is 1. The maximum absolute atomic E-state index is 11.5. The van der Waals surface area contributed by atoms with E-state index in [4.69, 9.17) is 4.74 Å². The average Bonchev–Trinajstić information content (AvgIpc) is 2.66. The first-order chi connectivity index (χ1) is 13.7. The second kappa shape index (κ2) is 18.5. The van der Waals surface area contributed by atoms with E-state index in [9.17, 15) is 4.79 Å². The molecule has 1 fully saturated rings. The Hall–Kier alpha value is -0.530. The lowest BCUT2D eigenvalue weighted by Crippen LogP contribution is -2.28. The van der Waals surface area contributed by atoms with Crippen LogP contribution in [-0.2, 0) is 9.53 Å². The van der Waals surface area contributed by atoms with E-state index in [1.54, 1.807) is 0 Å². The van der Waals surface area contributed by atoms with Gasteiger partial charge in [-0.15, -0.1) is 0 Å². The van der Waals surface area contributed by atoms with Crippen LogP contribution in [0.4, 0.5) is 0 Å². The highest BCUT2D eigenvalue weighted by molar-refractivity contribution is 5.70. The van der Waals surface area contributed by atoms with Gasteiger partial charge in [0.05, 0.1) is 0 Å². The molecule has 1 saturated heterocycles. The molecule has 0 bridgehead atoms. The number of ether oxygens (including phenoxy) is 1. The predicted octanol–water partition coefficient (Wildman–Crippen LogP) is 8.76. The molecule has 0 aliphatic carbocycles. The van der Waals surface area contributed by atoms with Crippen LogP contribution in [-0.4, -0.2) is 12.1 Å². The van der Waals surface area contributed by atoms with E-state index in [1.807, 2.05) is 0 Å². The first kappa shape index (κ1) is 25.5. The number of hydrogen-bond acceptors (Lipinski definition) is 2. The van der Waals surface area contributed by atoms with E-state index in [0.717, 1.165) is 12.8 Å². The first-order valence-electron chi connectivity index (χ1n) is 12.9. The van der Waals surface area contributed by atoms with Gasteiger partial charge in [-0.2, -0.15) is 0 Å². The fraction of sp³-hybridized carbons (Fsp3) is 0.962. The zero-order valence-electron chi connectivity index (χ0n) is 19.3. The molecule has 0 aromatic carbocycles. The van der Waals surface area contributed by atoms with Gasteiger partial charge in [-0.1, -0.05) is 123 Å². The van der Waals surface area contributed by atoms with Gasteiger partial charge in [0, 0.05) is 6.42 Å². The first-order valence-corrected chi connectivity index (χ1v) is 12.9. The van der Waals surface area contributed by atoms with E-state index in [1.165, 1.54) is 116 Å². The SMILES string of the molecule is CCCCCCCCCCCCCCCCCCCCC1CC(C)CC(=O)O1. The van der Waals surface area contributed by atoms with Crippen LogP contribution in [0.1, 0.15) is 149 Å². The highest BCUT2D eigenvalue weighted by Crippen LogP contribution is 2.24. The summed E-state index contributed by atoms with van der Waals surface area (Å²) in [7, 11) is 0. The van der Waals surface area contributed by atoms with Gasteiger partial charge in [-0.05, 0) is 25.2 Å². The molecule has 0 radical (unpaired) electrons. The van der Waals surface area contributed by atoms with Gasteiger partial charge in [-0.3, -0.25) is 4.79 Å². The van der Waals surface area contributed by atoms with E-state index in [0.29, 0.717) is 12.3 Å². The molecule has 1 rings (SSSR count). The molecule has 2 heteroatoms. The number of rotatable bonds is 19. The van der Waals surface area contributed by atoms with Crippen LogP contribution >= 0.6 is 0 Å². The quantitative estimate of drug-likeness (QED) is 0.162. The van der Waals surface area contributed by atoms with Crippen molar-refractivity contribution < 1.29 is 9.53 Å². The lowest BCUT2D eigenvalue weighted by atomic mass is 9.94. The summed E-state index contributed by atoms with van der Waals surface area (Å²) in [4.78, 5) is 11.5. The monoisotopic (exact) mass is 394 g/mol. The van der Waals surface area contributed by atoms with Gasteiger partial charge in [0.1, 0.15) is 6.10 Å². The smallest absolute Gasteiger partial charge is 0.306 e. The van der Waals surface area contributed by atoms with Crippen LogP contribution in [0.3, 0.4) is 0 Å². The molecule has 0 aromatic rings.